The van der Waals surface area contributed by atoms with E-state index in [9.17, 15) is 0 Å². The van der Waals surface area contributed by atoms with Crippen molar-refractivity contribution in [2.75, 3.05) is 13.2 Å². The second-order valence-electron chi connectivity index (χ2n) is 3.22. The van der Waals surface area contributed by atoms with Crippen LogP contribution in [0.3, 0.4) is 0 Å². The molecule has 2 N–H and O–H groups in total. The van der Waals surface area contributed by atoms with E-state index >= 15 is 0 Å². The first-order valence-corrected chi connectivity index (χ1v) is 4.81. The monoisotopic (exact) mass is 192 g/mol. The molecule has 1 atom stereocenters. The number of benzene rings is 1. The van der Waals surface area contributed by atoms with E-state index in [4.69, 9.17) is 10.2 Å². The molecule has 0 aliphatic heterocycles. The molecule has 0 saturated heterocycles. The van der Waals surface area contributed by atoms with Gasteiger partial charge in [0.2, 0.25) is 0 Å². The highest BCUT2D eigenvalue weighted by molar-refractivity contribution is 5.48. The van der Waals surface area contributed by atoms with Gasteiger partial charge in [-0.25, -0.2) is 0 Å². The Bertz CT molecular complexity index is 267. The largest absolute Gasteiger partial charge is 0.396 e. The van der Waals surface area contributed by atoms with E-state index in [0.717, 1.165) is 5.56 Å². The fourth-order valence-electron chi connectivity index (χ4n) is 1.23. The number of hydrogen-bond donors (Lipinski definition) is 2. The Kier molecular flexibility index (Phi) is 4.97. The molecule has 76 valence electrons. The fourth-order valence-corrected chi connectivity index (χ4v) is 1.23. The van der Waals surface area contributed by atoms with E-state index in [1.165, 1.54) is 0 Å². The lowest BCUT2D eigenvalue weighted by atomic mass is 10.1. The van der Waals surface area contributed by atoms with Gasteiger partial charge in [-0.3, -0.25) is 0 Å². The van der Waals surface area contributed by atoms with Gasteiger partial charge in [0, 0.05) is 19.1 Å². The molecule has 1 aromatic carbocycles. The SMILES string of the molecule is OCC[C@H](/C=C/c1ccccc1)CO. The summed E-state index contributed by atoms with van der Waals surface area (Å²) in [6.07, 6.45) is 4.52. The predicted octanol–water partition coefficient (Wildman–Crippen LogP) is 1.69. The zero-order valence-corrected chi connectivity index (χ0v) is 8.13. The molecule has 0 aliphatic rings. The second-order valence-corrected chi connectivity index (χ2v) is 3.22. The van der Waals surface area contributed by atoms with Gasteiger partial charge in [0.25, 0.3) is 0 Å². The third-order valence-corrected chi connectivity index (χ3v) is 2.09. The molecule has 0 amide bonds. The molecule has 0 spiro atoms. The Morgan fingerprint density at radius 2 is 1.86 bits per heavy atom. The summed E-state index contributed by atoms with van der Waals surface area (Å²) in [7, 11) is 0. The molecule has 2 heteroatoms. The molecule has 0 unspecified atom stereocenters. The Morgan fingerprint density at radius 1 is 1.14 bits per heavy atom. The summed E-state index contributed by atoms with van der Waals surface area (Å²) in [5.41, 5.74) is 1.11. The van der Waals surface area contributed by atoms with E-state index < -0.39 is 0 Å². The molecule has 1 aromatic rings. The number of aliphatic hydroxyl groups is 2. The van der Waals surface area contributed by atoms with Crippen LogP contribution >= 0.6 is 0 Å². The van der Waals surface area contributed by atoms with Gasteiger partial charge in [-0.2, -0.15) is 0 Å². The van der Waals surface area contributed by atoms with Crippen molar-refractivity contribution in [2.24, 2.45) is 5.92 Å². The van der Waals surface area contributed by atoms with Crippen LogP contribution in [0.2, 0.25) is 0 Å². The summed E-state index contributed by atoms with van der Waals surface area (Å²) in [5, 5.41) is 17.7. The minimum absolute atomic E-state index is 0.0557. The van der Waals surface area contributed by atoms with E-state index in [1.807, 2.05) is 42.5 Å². The molecule has 0 heterocycles. The number of aliphatic hydroxyl groups excluding tert-OH is 2. The Morgan fingerprint density at radius 3 is 2.43 bits per heavy atom. The zero-order valence-electron chi connectivity index (χ0n) is 8.13. The van der Waals surface area contributed by atoms with Gasteiger partial charge in [0.05, 0.1) is 0 Å². The maximum atomic E-state index is 8.97. The summed E-state index contributed by atoms with van der Waals surface area (Å²) in [5.74, 6) is 0.0557. The minimum Gasteiger partial charge on any atom is -0.396 e. The van der Waals surface area contributed by atoms with Crippen molar-refractivity contribution >= 4 is 6.08 Å². The first-order valence-electron chi connectivity index (χ1n) is 4.81. The van der Waals surface area contributed by atoms with E-state index in [-0.39, 0.29) is 19.1 Å². The minimum atomic E-state index is 0.0557. The van der Waals surface area contributed by atoms with Crippen LogP contribution in [-0.2, 0) is 0 Å². The highest BCUT2D eigenvalue weighted by atomic mass is 16.3. The van der Waals surface area contributed by atoms with Crippen LogP contribution in [-0.4, -0.2) is 23.4 Å². The fraction of sp³-hybridized carbons (Fsp3) is 0.333. The van der Waals surface area contributed by atoms with Crippen LogP contribution in [0.5, 0.6) is 0 Å². The molecular formula is C12H16O2. The topological polar surface area (TPSA) is 40.5 Å². The van der Waals surface area contributed by atoms with Crippen LogP contribution in [0, 0.1) is 5.92 Å². The highest BCUT2D eigenvalue weighted by Crippen LogP contribution is 2.08. The third kappa shape index (κ3) is 3.73. The van der Waals surface area contributed by atoms with Crippen molar-refractivity contribution in [1.82, 2.24) is 0 Å². The molecular weight excluding hydrogens is 176 g/mol. The summed E-state index contributed by atoms with van der Waals surface area (Å²) < 4.78 is 0. The van der Waals surface area contributed by atoms with Gasteiger partial charge in [0.1, 0.15) is 0 Å². The molecule has 0 fully saturated rings. The van der Waals surface area contributed by atoms with Crippen molar-refractivity contribution in [3.05, 3.63) is 42.0 Å². The smallest absolute Gasteiger partial charge is 0.0494 e. The number of hydrogen-bond acceptors (Lipinski definition) is 2. The zero-order chi connectivity index (χ0) is 10.2. The molecule has 2 nitrogen and oxygen atoms in total. The van der Waals surface area contributed by atoms with E-state index in [1.54, 1.807) is 0 Å². The highest BCUT2D eigenvalue weighted by Gasteiger charge is 2.00. The Hall–Kier alpha value is -1.12. The molecule has 14 heavy (non-hydrogen) atoms. The van der Waals surface area contributed by atoms with Crippen LogP contribution in [0.15, 0.2) is 36.4 Å². The lowest BCUT2D eigenvalue weighted by Crippen LogP contribution is -2.04. The lowest BCUT2D eigenvalue weighted by Gasteiger charge is -2.05. The molecule has 0 bridgehead atoms. The standard InChI is InChI=1S/C12H16O2/c13-9-8-12(10-14)7-6-11-4-2-1-3-5-11/h1-7,12-14H,8-10H2/b7-6+/t12-/m0/s1. The third-order valence-electron chi connectivity index (χ3n) is 2.09. The van der Waals surface area contributed by atoms with Crippen molar-refractivity contribution in [2.45, 2.75) is 6.42 Å². The van der Waals surface area contributed by atoms with Gasteiger partial charge in [0.15, 0.2) is 0 Å². The van der Waals surface area contributed by atoms with Crippen molar-refractivity contribution in [3.8, 4) is 0 Å². The van der Waals surface area contributed by atoms with Crippen molar-refractivity contribution < 1.29 is 10.2 Å². The van der Waals surface area contributed by atoms with Crippen LogP contribution in [0.1, 0.15) is 12.0 Å². The summed E-state index contributed by atoms with van der Waals surface area (Å²) in [4.78, 5) is 0. The summed E-state index contributed by atoms with van der Waals surface area (Å²) >= 11 is 0. The molecule has 0 aromatic heterocycles. The normalized spacial score (nSPS) is 13.3. The molecule has 0 saturated carbocycles. The van der Waals surface area contributed by atoms with Gasteiger partial charge in [-0.05, 0) is 12.0 Å². The van der Waals surface area contributed by atoms with Gasteiger partial charge in [-0.1, -0.05) is 42.5 Å². The predicted molar refractivity (Wildman–Crippen MR) is 57.8 cm³/mol. The van der Waals surface area contributed by atoms with E-state index in [0.29, 0.717) is 6.42 Å². The summed E-state index contributed by atoms with van der Waals surface area (Å²) in [6, 6.07) is 9.92. The Labute approximate surface area is 84.5 Å². The average molecular weight is 192 g/mol. The van der Waals surface area contributed by atoms with Gasteiger partial charge in [-0.15, -0.1) is 0 Å². The second kappa shape index (κ2) is 6.35. The van der Waals surface area contributed by atoms with E-state index in [2.05, 4.69) is 0 Å². The molecule has 1 rings (SSSR count). The molecule has 0 aliphatic carbocycles. The van der Waals surface area contributed by atoms with Gasteiger partial charge < -0.3 is 10.2 Å². The van der Waals surface area contributed by atoms with Crippen LogP contribution < -0.4 is 0 Å². The number of rotatable bonds is 5. The first kappa shape index (κ1) is 11.0. The average Bonchev–Trinajstić information content (AvgIpc) is 2.25. The maximum Gasteiger partial charge on any atom is 0.0494 e. The summed E-state index contributed by atoms with van der Waals surface area (Å²) in [6.45, 7) is 0.203. The van der Waals surface area contributed by atoms with Crippen molar-refractivity contribution in [3.63, 3.8) is 0 Å². The molecule has 0 radical (unpaired) electrons. The first-order chi connectivity index (χ1) is 6.86. The van der Waals surface area contributed by atoms with Crippen LogP contribution in [0.4, 0.5) is 0 Å². The van der Waals surface area contributed by atoms with Crippen LogP contribution in [0.25, 0.3) is 6.08 Å². The maximum absolute atomic E-state index is 8.97. The van der Waals surface area contributed by atoms with Crippen molar-refractivity contribution in [1.29, 1.82) is 0 Å². The van der Waals surface area contributed by atoms with Gasteiger partial charge >= 0.3 is 0 Å². The Balaban J connectivity index is 2.53. The lowest BCUT2D eigenvalue weighted by molar-refractivity contribution is 0.208. The quantitative estimate of drug-likeness (QED) is 0.745.